The van der Waals surface area contributed by atoms with Crippen molar-refractivity contribution in [1.29, 1.82) is 0 Å². The first-order chi connectivity index (χ1) is 7.25. The summed E-state index contributed by atoms with van der Waals surface area (Å²) in [4.78, 5) is 4.13. The number of rotatable bonds is 3. The Bertz CT molecular complexity index is 423. The number of nitrogens with one attached hydrogen (secondary N) is 1. The fraction of sp³-hybridized carbons (Fsp3) is 0.250. The molecule has 1 unspecified atom stereocenters. The number of aromatic nitrogens is 1. The van der Waals surface area contributed by atoms with Crippen LogP contribution >= 0.6 is 0 Å². The molecule has 3 nitrogen and oxygen atoms in total. The molecule has 2 rings (SSSR count). The van der Waals surface area contributed by atoms with Gasteiger partial charge >= 0.3 is 0 Å². The molecule has 2 heterocycles. The van der Waals surface area contributed by atoms with E-state index in [1.165, 1.54) is 0 Å². The summed E-state index contributed by atoms with van der Waals surface area (Å²) in [6.07, 6.45) is 7.10. The Morgan fingerprint density at radius 2 is 2.27 bits per heavy atom. The number of pyridine rings is 1. The van der Waals surface area contributed by atoms with E-state index in [0.29, 0.717) is 0 Å². The van der Waals surface area contributed by atoms with Gasteiger partial charge < -0.3 is 9.73 Å². The van der Waals surface area contributed by atoms with Gasteiger partial charge in [-0.1, -0.05) is 0 Å². The standard InChI is InChI=1S/C12H14N2O/c1-9-5-12(7-13-6-9)14-10(2)11-3-4-15-8-11/h3-8,10,14H,1-2H3. The summed E-state index contributed by atoms with van der Waals surface area (Å²) in [7, 11) is 0. The van der Waals surface area contributed by atoms with E-state index in [1.54, 1.807) is 12.5 Å². The second kappa shape index (κ2) is 4.17. The lowest BCUT2D eigenvalue weighted by molar-refractivity contribution is 0.562. The van der Waals surface area contributed by atoms with E-state index in [9.17, 15) is 0 Å². The summed E-state index contributed by atoms with van der Waals surface area (Å²) in [5, 5.41) is 3.36. The molecule has 0 radical (unpaired) electrons. The molecular weight excluding hydrogens is 188 g/mol. The van der Waals surface area contributed by atoms with Gasteiger partial charge in [-0.05, 0) is 31.5 Å². The van der Waals surface area contributed by atoms with Gasteiger partial charge in [0.15, 0.2) is 0 Å². The minimum absolute atomic E-state index is 0.229. The Labute approximate surface area is 89.1 Å². The van der Waals surface area contributed by atoms with Gasteiger partial charge in [-0.2, -0.15) is 0 Å². The van der Waals surface area contributed by atoms with Crippen LogP contribution in [0.3, 0.4) is 0 Å². The summed E-state index contributed by atoms with van der Waals surface area (Å²) in [5.41, 5.74) is 3.32. The number of nitrogens with zero attached hydrogens (tertiary/aromatic N) is 1. The minimum atomic E-state index is 0.229. The SMILES string of the molecule is Cc1cncc(NC(C)c2ccoc2)c1. The quantitative estimate of drug-likeness (QED) is 0.830. The van der Waals surface area contributed by atoms with Crippen LogP contribution in [0.5, 0.6) is 0 Å². The molecule has 0 saturated heterocycles. The highest BCUT2D eigenvalue weighted by Crippen LogP contribution is 2.19. The zero-order valence-electron chi connectivity index (χ0n) is 8.90. The van der Waals surface area contributed by atoms with Gasteiger partial charge in [0.05, 0.1) is 24.3 Å². The zero-order chi connectivity index (χ0) is 10.7. The van der Waals surface area contributed by atoms with Crippen LogP contribution in [0.25, 0.3) is 0 Å². The van der Waals surface area contributed by atoms with E-state index in [-0.39, 0.29) is 6.04 Å². The van der Waals surface area contributed by atoms with Crippen LogP contribution in [0, 0.1) is 6.92 Å². The molecule has 0 spiro atoms. The van der Waals surface area contributed by atoms with Crippen molar-refractivity contribution in [3.8, 4) is 0 Å². The molecule has 0 aromatic carbocycles. The lowest BCUT2D eigenvalue weighted by atomic mass is 10.1. The first kappa shape index (κ1) is 9.77. The van der Waals surface area contributed by atoms with Gasteiger partial charge in [0.1, 0.15) is 0 Å². The molecule has 0 aliphatic heterocycles. The van der Waals surface area contributed by atoms with Crippen LogP contribution in [0.4, 0.5) is 5.69 Å². The van der Waals surface area contributed by atoms with Crippen molar-refractivity contribution in [2.75, 3.05) is 5.32 Å². The van der Waals surface area contributed by atoms with Gasteiger partial charge in [0.2, 0.25) is 0 Å². The lowest BCUT2D eigenvalue weighted by Crippen LogP contribution is -2.05. The molecule has 0 aliphatic carbocycles. The molecule has 15 heavy (non-hydrogen) atoms. The van der Waals surface area contributed by atoms with Gasteiger partial charge in [0.25, 0.3) is 0 Å². The molecule has 0 saturated carbocycles. The van der Waals surface area contributed by atoms with E-state index in [0.717, 1.165) is 16.8 Å². The molecule has 3 heteroatoms. The van der Waals surface area contributed by atoms with Crippen LogP contribution in [0.2, 0.25) is 0 Å². The molecule has 78 valence electrons. The molecule has 0 fully saturated rings. The fourth-order valence-electron chi connectivity index (χ4n) is 1.49. The van der Waals surface area contributed by atoms with E-state index in [1.807, 2.05) is 25.4 Å². The Morgan fingerprint density at radius 1 is 1.40 bits per heavy atom. The first-order valence-corrected chi connectivity index (χ1v) is 4.96. The number of furan rings is 1. The molecule has 2 aromatic rings. The van der Waals surface area contributed by atoms with Crippen LogP contribution in [-0.2, 0) is 0 Å². The third kappa shape index (κ3) is 2.37. The summed E-state index contributed by atoms with van der Waals surface area (Å²) in [5.74, 6) is 0. The minimum Gasteiger partial charge on any atom is -0.472 e. The first-order valence-electron chi connectivity index (χ1n) is 4.96. The van der Waals surface area contributed by atoms with Crippen molar-refractivity contribution in [2.24, 2.45) is 0 Å². The smallest absolute Gasteiger partial charge is 0.0955 e. The molecule has 1 N–H and O–H groups in total. The third-order valence-corrected chi connectivity index (χ3v) is 2.30. The van der Waals surface area contributed by atoms with E-state index < -0.39 is 0 Å². The van der Waals surface area contributed by atoms with Crippen LogP contribution in [-0.4, -0.2) is 4.98 Å². The molecule has 1 atom stereocenters. The topological polar surface area (TPSA) is 38.1 Å². The van der Waals surface area contributed by atoms with Gasteiger partial charge in [-0.25, -0.2) is 0 Å². The lowest BCUT2D eigenvalue weighted by Gasteiger charge is -2.13. The maximum Gasteiger partial charge on any atom is 0.0955 e. The second-order valence-electron chi connectivity index (χ2n) is 3.67. The van der Waals surface area contributed by atoms with Crippen molar-refractivity contribution < 1.29 is 4.42 Å². The van der Waals surface area contributed by atoms with E-state index in [2.05, 4.69) is 23.3 Å². The summed E-state index contributed by atoms with van der Waals surface area (Å²) < 4.78 is 5.04. The van der Waals surface area contributed by atoms with Crippen molar-refractivity contribution in [2.45, 2.75) is 19.9 Å². The Kier molecular flexibility index (Phi) is 2.72. The van der Waals surface area contributed by atoms with Crippen molar-refractivity contribution in [3.63, 3.8) is 0 Å². The molecule has 0 bridgehead atoms. The third-order valence-electron chi connectivity index (χ3n) is 2.30. The maximum absolute atomic E-state index is 5.04. The fourth-order valence-corrected chi connectivity index (χ4v) is 1.49. The number of anilines is 1. The van der Waals surface area contributed by atoms with Gasteiger partial charge in [0, 0.05) is 18.0 Å². The average Bonchev–Trinajstić information content (AvgIpc) is 2.70. The summed E-state index contributed by atoms with van der Waals surface area (Å²) in [6.45, 7) is 4.12. The highest BCUT2D eigenvalue weighted by molar-refractivity contribution is 5.44. The monoisotopic (exact) mass is 202 g/mol. The Hall–Kier alpha value is -1.77. The van der Waals surface area contributed by atoms with Gasteiger partial charge in [-0.15, -0.1) is 0 Å². The van der Waals surface area contributed by atoms with Crippen LogP contribution < -0.4 is 5.32 Å². The molecule has 0 amide bonds. The molecule has 0 aliphatic rings. The highest BCUT2D eigenvalue weighted by Gasteiger charge is 2.06. The van der Waals surface area contributed by atoms with E-state index in [4.69, 9.17) is 4.42 Å². The van der Waals surface area contributed by atoms with Crippen LogP contribution in [0.1, 0.15) is 24.1 Å². The largest absolute Gasteiger partial charge is 0.472 e. The zero-order valence-corrected chi connectivity index (χ0v) is 8.90. The summed E-state index contributed by atoms with van der Waals surface area (Å²) >= 11 is 0. The predicted molar refractivity (Wildman–Crippen MR) is 59.7 cm³/mol. The maximum atomic E-state index is 5.04. The number of hydrogen-bond acceptors (Lipinski definition) is 3. The molecule has 2 aromatic heterocycles. The second-order valence-corrected chi connectivity index (χ2v) is 3.67. The Balaban J connectivity index is 2.09. The number of hydrogen-bond donors (Lipinski definition) is 1. The Morgan fingerprint density at radius 3 is 2.93 bits per heavy atom. The normalized spacial score (nSPS) is 12.4. The van der Waals surface area contributed by atoms with Crippen molar-refractivity contribution in [3.05, 3.63) is 48.2 Å². The highest BCUT2D eigenvalue weighted by atomic mass is 16.3. The summed E-state index contributed by atoms with van der Waals surface area (Å²) in [6, 6.07) is 4.26. The van der Waals surface area contributed by atoms with Crippen LogP contribution in [0.15, 0.2) is 41.5 Å². The van der Waals surface area contributed by atoms with Crippen molar-refractivity contribution >= 4 is 5.69 Å². The van der Waals surface area contributed by atoms with Crippen molar-refractivity contribution in [1.82, 2.24) is 4.98 Å². The molecular formula is C12H14N2O. The van der Waals surface area contributed by atoms with Gasteiger partial charge in [-0.3, -0.25) is 4.98 Å². The number of aryl methyl sites for hydroxylation is 1. The predicted octanol–water partition coefficient (Wildman–Crippen LogP) is 3.16. The average molecular weight is 202 g/mol. The van der Waals surface area contributed by atoms with E-state index >= 15 is 0 Å².